The number of benzene rings is 2. The Bertz CT molecular complexity index is 893. The van der Waals surface area contributed by atoms with E-state index in [9.17, 15) is 9.18 Å². The summed E-state index contributed by atoms with van der Waals surface area (Å²) < 4.78 is 16.5. The lowest BCUT2D eigenvalue weighted by molar-refractivity contribution is 0.100. The molecule has 1 aromatic heterocycles. The van der Waals surface area contributed by atoms with Crippen molar-refractivity contribution in [1.29, 1.82) is 0 Å². The van der Waals surface area contributed by atoms with Crippen LogP contribution >= 0.6 is 0 Å². The molecule has 1 amide bonds. The van der Waals surface area contributed by atoms with Gasteiger partial charge in [-0.15, -0.1) is 0 Å². The molecule has 4 rings (SSSR count). The van der Waals surface area contributed by atoms with Gasteiger partial charge < -0.3 is 10.3 Å². The molecule has 1 heterocycles. The molecule has 3 aromatic rings. The summed E-state index contributed by atoms with van der Waals surface area (Å²) in [4.78, 5) is 11.8. The fourth-order valence-electron chi connectivity index (χ4n) is 3.49. The third-order valence-corrected chi connectivity index (χ3v) is 4.79. The van der Waals surface area contributed by atoms with Crippen molar-refractivity contribution in [3.63, 3.8) is 0 Å². The van der Waals surface area contributed by atoms with E-state index in [2.05, 4.69) is 0 Å². The summed E-state index contributed by atoms with van der Waals surface area (Å²) in [7, 11) is 0. The van der Waals surface area contributed by atoms with Crippen molar-refractivity contribution >= 4 is 27.7 Å². The number of rotatable bonds is 3. The number of primary amides is 1. The summed E-state index contributed by atoms with van der Waals surface area (Å²) in [6.07, 6.45) is 3.62. The minimum atomic E-state index is -0.474. The van der Waals surface area contributed by atoms with Gasteiger partial charge >= 0.3 is 0 Å². The Labute approximate surface area is 127 Å². The summed E-state index contributed by atoms with van der Waals surface area (Å²) >= 11 is 0. The highest BCUT2D eigenvalue weighted by Crippen LogP contribution is 2.36. The molecule has 0 aliphatic heterocycles. The average molecular weight is 296 g/mol. The number of carbonyl (C=O) groups is 1. The van der Waals surface area contributed by atoms with Crippen molar-refractivity contribution in [3.05, 3.63) is 47.8 Å². The Balaban J connectivity index is 2.10. The fourth-order valence-corrected chi connectivity index (χ4v) is 3.49. The zero-order valence-corrected chi connectivity index (χ0v) is 12.2. The van der Waals surface area contributed by atoms with Gasteiger partial charge in [-0.2, -0.15) is 0 Å². The number of nitrogens with zero attached hydrogens (tertiary/aromatic N) is 1. The maximum atomic E-state index is 14.5. The van der Waals surface area contributed by atoms with E-state index in [-0.39, 0.29) is 5.82 Å². The Hall–Kier alpha value is -2.36. The Morgan fingerprint density at radius 2 is 2.00 bits per heavy atom. The van der Waals surface area contributed by atoms with Gasteiger partial charge in [-0.25, -0.2) is 4.39 Å². The van der Waals surface area contributed by atoms with Crippen molar-refractivity contribution in [1.82, 2.24) is 4.57 Å². The number of hydrogen-bond donors (Lipinski definition) is 1. The summed E-state index contributed by atoms with van der Waals surface area (Å²) in [6, 6.07) is 10.5. The molecule has 2 N–H and O–H groups in total. The standard InChI is InChI=1S/C18H17FN2O/c19-14-8-2-6-12-16-13(18(20)22)7-3-9-15(16)21(17(12)14)10-11-4-1-5-11/h2-3,6-9,11H,1,4-5,10H2,(H2,20,22). The summed E-state index contributed by atoms with van der Waals surface area (Å²) in [6.45, 7) is 0.795. The Morgan fingerprint density at radius 3 is 2.68 bits per heavy atom. The predicted molar refractivity (Wildman–Crippen MR) is 85.3 cm³/mol. The number of amides is 1. The lowest BCUT2D eigenvalue weighted by Crippen LogP contribution is -2.18. The van der Waals surface area contributed by atoms with E-state index in [1.54, 1.807) is 12.1 Å². The molecule has 0 saturated heterocycles. The average Bonchev–Trinajstić information content (AvgIpc) is 2.78. The van der Waals surface area contributed by atoms with Crippen LogP contribution < -0.4 is 5.73 Å². The predicted octanol–water partition coefficient (Wildman–Crippen LogP) is 3.83. The van der Waals surface area contributed by atoms with Gasteiger partial charge in [-0.3, -0.25) is 4.79 Å². The highest BCUT2D eigenvalue weighted by atomic mass is 19.1. The molecule has 0 spiro atoms. The second-order valence-corrected chi connectivity index (χ2v) is 6.11. The number of fused-ring (bicyclic) bond motifs is 3. The number of aromatic nitrogens is 1. The first-order chi connectivity index (χ1) is 10.7. The van der Waals surface area contributed by atoms with Crippen molar-refractivity contribution in [2.75, 3.05) is 0 Å². The first-order valence-corrected chi connectivity index (χ1v) is 7.66. The first-order valence-electron chi connectivity index (χ1n) is 7.66. The normalized spacial score (nSPS) is 15.3. The van der Waals surface area contributed by atoms with E-state index >= 15 is 0 Å². The van der Waals surface area contributed by atoms with Crippen LogP contribution in [0.4, 0.5) is 4.39 Å². The van der Waals surface area contributed by atoms with Gasteiger partial charge in [0.15, 0.2) is 0 Å². The smallest absolute Gasteiger partial charge is 0.249 e. The zero-order chi connectivity index (χ0) is 15.3. The third-order valence-electron chi connectivity index (χ3n) is 4.79. The molecule has 1 fully saturated rings. The van der Waals surface area contributed by atoms with Gasteiger partial charge in [0.25, 0.3) is 0 Å². The minimum Gasteiger partial charge on any atom is -0.366 e. The van der Waals surface area contributed by atoms with Crippen LogP contribution in [-0.2, 0) is 6.54 Å². The van der Waals surface area contributed by atoms with Crippen LogP contribution in [0.3, 0.4) is 0 Å². The lowest BCUT2D eigenvalue weighted by atomic mass is 9.85. The number of halogens is 1. The van der Waals surface area contributed by atoms with E-state index in [4.69, 9.17) is 5.73 Å². The Kier molecular flexibility index (Phi) is 2.93. The van der Waals surface area contributed by atoms with Gasteiger partial charge in [0.2, 0.25) is 5.91 Å². The molecule has 1 aliphatic rings. The van der Waals surface area contributed by atoms with Crippen molar-refractivity contribution in [2.24, 2.45) is 11.7 Å². The second-order valence-electron chi connectivity index (χ2n) is 6.11. The van der Waals surface area contributed by atoms with Crippen LogP contribution in [-0.4, -0.2) is 10.5 Å². The van der Waals surface area contributed by atoms with Crippen molar-refractivity contribution in [3.8, 4) is 0 Å². The molecular formula is C18H17FN2O. The van der Waals surface area contributed by atoms with E-state index in [0.717, 1.165) is 22.8 Å². The van der Waals surface area contributed by atoms with Crippen LogP contribution in [0, 0.1) is 11.7 Å². The number of carbonyl (C=O) groups excluding carboxylic acids is 1. The maximum Gasteiger partial charge on any atom is 0.249 e. The van der Waals surface area contributed by atoms with Crippen molar-refractivity contribution < 1.29 is 9.18 Å². The van der Waals surface area contributed by atoms with Crippen LogP contribution in [0.1, 0.15) is 29.6 Å². The number of hydrogen-bond acceptors (Lipinski definition) is 1. The highest BCUT2D eigenvalue weighted by molar-refractivity contribution is 6.17. The highest BCUT2D eigenvalue weighted by Gasteiger charge is 2.23. The molecule has 0 bridgehead atoms. The summed E-state index contributed by atoms with van der Waals surface area (Å²) in [5, 5.41) is 1.53. The van der Waals surface area contributed by atoms with Crippen LogP contribution in [0.5, 0.6) is 0 Å². The van der Waals surface area contributed by atoms with Crippen LogP contribution in [0.2, 0.25) is 0 Å². The summed E-state index contributed by atoms with van der Waals surface area (Å²) in [5.41, 5.74) is 7.45. The van der Waals surface area contributed by atoms with E-state index in [1.807, 2.05) is 22.8 Å². The molecular weight excluding hydrogens is 279 g/mol. The molecule has 0 atom stereocenters. The van der Waals surface area contributed by atoms with Gasteiger partial charge in [0.05, 0.1) is 5.52 Å². The van der Waals surface area contributed by atoms with Gasteiger partial charge in [-0.1, -0.05) is 24.6 Å². The molecule has 0 radical (unpaired) electrons. The largest absolute Gasteiger partial charge is 0.366 e. The first kappa shape index (κ1) is 13.3. The molecule has 112 valence electrons. The van der Waals surface area contributed by atoms with Crippen molar-refractivity contribution in [2.45, 2.75) is 25.8 Å². The zero-order valence-electron chi connectivity index (χ0n) is 12.2. The number of nitrogens with two attached hydrogens (primary N) is 1. The van der Waals surface area contributed by atoms with Gasteiger partial charge in [-0.05, 0) is 37.0 Å². The minimum absolute atomic E-state index is 0.247. The van der Waals surface area contributed by atoms with Gasteiger partial charge in [0, 0.05) is 28.4 Å². The molecule has 1 aliphatic carbocycles. The SMILES string of the molecule is NC(=O)c1cccc2c1c1cccc(F)c1n2CC1CCC1. The van der Waals surface area contributed by atoms with Gasteiger partial charge in [0.1, 0.15) is 5.82 Å². The quantitative estimate of drug-likeness (QED) is 0.784. The molecule has 0 unspecified atom stereocenters. The molecule has 4 heteroatoms. The van der Waals surface area contributed by atoms with E-state index < -0.39 is 5.91 Å². The second kappa shape index (κ2) is 4.83. The molecule has 1 saturated carbocycles. The fraction of sp³-hybridized carbons (Fsp3) is 0.278. The van der Waals surface area contributed by atoms with E-state index in [1.165, 1.54) is 25.3 Å². The van der Waals surface area contributed by atoms with E-state index in [0.29, 0.717) is 17.0 Å². The molecule has 2 aromatic carbocycles. The summed E-state index contributed by atoms with van der Waals surface area (Å²) in [5.74, 6) is -0.128. The molecule has 3 nitrogen and oxygen atoms in total. The monoisotopic (exact) mass is 296 g/mol. The third kappa shape index (κ3) is 1.83. The topological polar surface area (TPSA) is 48.0 Å². The lowest BCUT2D eigenvalue weighted by Gasteiger charge is -2.26. The molecule has 22 heavy (non-hydrogen) atoms. The van der Waals surface area contributed by atoms with Crippen LogP contribution in [0.15, 0.2) is 36.4 Å². The van der Waals surface area contributed by atoms with Crippen LogP contribution in [0.25, 0.3) is 21.8 Å². The Morgan fingerprint density at radius 1 is 1.23 bits per heavy atom. The number of para-hydroxylation sites is 1. The maximum absolute atomic E-state index is 14.5.